The minimum atomic E-state index is -1.05. The van der Waals surface area contributed by atoms with E-state index in [1.54, 1.807) is 24.6 Å². The van der Waals surface area contributed by atoms with Crippen molar-refractivity contribution in [2.45, 2.75) is 81.2 Å². The monoisotopic (exact) mass is 503 g/mol. The summed E-state index contributed by atoms with van der Waals surface area (Å²) in [7, 11) is 0. The molecule has 2 saturated carbocycles. The molecule has 1 aliphatic heterocycles. The molecule has 2 aliphatic carbocycles. The predicted molar refractivity (Wildman–Crippen MR) is 139 cm³/mol. The Morgan fingerprint density at radius 2 is 2.03 bits per heavy atom. The minimum Gasteiger partial charge on any atom is -0.612 e. The lowest BCUT2D eigenvalue weighted by Crippen LogP contribution is -2.50. The fourth-order valence-corrected chi connectivity index (χ4v) is 5.57. The van der Waals surface area contributed by atoms with Gasteiger partial charge in [0.15, 0.2) is 4.90 Å². The van der Waals surface area contributed by atoms with Crippen molar-refractivity contribution < 1.29 is 14.1 Å². The van der Waals surface area contributed by atoms with Crippen LogP contribution in [0.5, 0.6) is 5.88 Å². The number of hydrogen-bond donors (Lipinski definition) is 2. The van der Waals surface area contributed by atoms with Crippen LogP contribution in [-0.2, 0) is 16.0 Å². The lowest BCUT2D eigenvalue weighted by atomic mass is 9.84. The van der Waals surface area contributed by atoms with Gasteiger partial charge in [0, 0.05) is 48.6 Å². The highest BCUT2D eigenvalue weighted by atomic mass is 32.2. The molecule has 9 heteroatoms. The molecule has 1 aromatic rings. The molecule has 0 aromatic carbocycles. The molecular formula is C26H41N5O3S. The zero-order valence-electron chi connectivity index (χ0n) is 21.4. The number of hydrogen-bond acceptors (Lipinski definition) is 8. The van der Waals surface area contributed by atoms with E-state index in [4.69, 9.17) is 21.0 Å². The normalized spacial score (nSPS) is 28.7. The van der Waals surface area contributed by atoms with Crippen LogP contribution >= 0.6 is 0 Å². The molecular weight excluding hydrogens is 462 g/mol. The Balaban J connectivity index is 1.26. The van der Waals surface area contributed by atoms with Gasteiger partial charge in [-0.2, -0.15) is 0 Å². The number of nitrogens with two attached hydrogens (primary N) is 2. The maximum Gasteiger partial charge on any atom is 0.221 e. The van der Waals surface area contributed by atoms with Crippen molar-refractivity contribution in [2.24, 2.45) is 28.5 Å². The summed E-state index contributed by atoms with van der Waals surface area (Å²) in [5, 5.41) is 4.42. The number of nitrogens with zero attached hydrogens (tertiary/aromatic N) is 3. The standard InChI is InChI=1S/C26H41N5O3S/c1-4-5-6-24(34-30-19(2)20-7-8-20)31-14-11-21(12-15-31)26(28)18-25(26,27)13-16-33-23-10-9-22(17-29-23)35(3)32/h6,9-10,17,20-21H,4-5,7-8,11-16,18,27-28H2,1-3H3/b24-6+,30-19+. The molecule has 0 bridgehead atoms. The van der Waals surface area contributed by atoms with E-state index >= 15 is 0 Å². The Labute approximate surface area is 212 Å². The molecule has 3 unspecified atom stereocenters. The van der Waals surface area contributed by atoms with Crippen LogP contribution in [-0.4, -0.2) is 57.2 Å². The largest absolute Gasteiger partial charge is 0.612 e. The van der Waals surface area contributed by atoms with Gasteiger partial charge >= 0.3 is 0 Å². The second-order valence-corrected chi connectivity index (χ2v) is 11.8. The van der Waals surface area contributed by atoms with Gasteiger partial charge in [-0.25, -0.2) is 4.98 Å². The number of oxime groups is 1. The van der Waals surface area contributed by atoms with Gasteiger partial charge in [-0.05, 0) is 68.6 Å². The smallest absolute Gasteiger partial charge is 0.221 e. The van der Waals surface area contributed by atoms with E-state index in [9.17, 15) is 4.55 Å². The number of pyridine rings is 1. The number of rotatable bonds is 12. The van der Waals surface area contributed by atoms with Crippen LogP contribution in [0.2, 0.25) is 0 Å². The SMILES string of the molecule is CCC/C=C(/O/N=C(\C)C1CC1)N1CCC(C2(N)CC2(N)CCOc2ccc([S+](C)[O-])cn2)CC1. The van der Waals surface area contributed by atoms with Crippen molar-refractivity contribution in [1.29, 1.82) is 0 Å². The first-order valence-electron chi connectivity index (χ1n) is 12.9. The first-order valence-corrected chi connectivity index (χ1v) is 14.5. The summed E-state index contributed by atoms with van der Waals surface area (Å²) in [5.41, 5.74) is 13.9. The summed E-state index contributed by atoms with van der Waals surface area (Å²) < 4.78 is 17.3. The van der Waals surface area contributed by atoms with E-state index in [0.29, 0.717) is 35.6 Å². The van der Waals surface area contributed by atoms with Crippen LogP contribution in [0.1, 0.15) is 65.2 Å². The van der Waals surface area contributed by atoms with E-state index < -0.39 is 16.7 Å². The number of ether oxygens (including phenoxy) is 1. The highest BCUT2D eigenvalue weighted by Gasteiger charge is 2.65. The Hall–Kier alpha value is -1.81. The highest BCUT2D eigenvalue weighted by molar-refractivity contribution is 7.90. The molecule has 4 N–H and O–H groups in total. The third-order valence-corrected chi connectivity index (χ3v) is 8.75. The molecule has 4 rings (SSSR count). The zero-order valence-corrected chi connectivity index (χ0v) is 22.2. The Morgan fingerprint density at radius 1 is 1.29 bits per heavy atom. The Kier molecular flexibility index (Phi) is 8.30. The molecule has 2 heterocycles. The maximum atomic E-state index is 11.5. The number of aromatic nitrogens is 1. The summed E-state index contributed by atoms with van der Waals surface area (Å²) in [6, 6.07) is 3.53. The molecule has 0 spiro atoms. The molecule has 8 nitrogen and oxygen atoms in total. The van der Waals surface area contributed by atoms with Crippen LogP contribution in [0.4, 0.5) is 0 Å². The maximum absolute atomic E-state index is 11.5. The van der Waals surface area contributed by atoms with Crippen molar-refractivity contribution >= 4 is 16.9 Å². The molecule has 3 aliphatic rings. The number of unbranched alkanes of at least 4 members (excludes halogenated alkanes) is 1. The third-order valence-electron chi connectivity index (χ3n) is 7.84. The lowest BCUT2D eigenvalue weighted by molar-refractivity contribution is 0.0810. The van der Waals surface area contributed by atoms with E-state index in [-0.39, 0.29) is 5.54 Å². The van der Waals surface area contributed by atoms with Crippen molar-refractivity contribution in [3.63, 3.8) is 0 Å². The topological polar surface area (TPSA) is 122 Å². The molecule has 1 aromatic heterocycles. The Bertz CT molecular complexity index is 912. The van der Waals surface area contributed by atoms with E-state index in [1.165, 1.54) is 12.8 Å². The molecule has 0 amide bonds. The highest BCUT2D eigenvalue weighted by Crippen LogP contribution is 2.53. The summed E-state index contributed by atoms with van der Waals surface area (Å²) in [4.78, 5) is 13.1. The number of piperidine rings is 1. The van der Waals surface area contributed by atoms with Crippen molar-refractivity contribution in [3.05, 3.63) is 30.3 Å². The first-order chi connectivity index (χ1) is 16.8. The molecule has 1 saturated heterocycles. The first kappa shape index (κ1) is 26.3. The lowest BCUT2D eigenvalue weighted by Gasteiger charge is -2.37. The average molecular weight is 504 g/mol. The van der Waals surface area contributed by atoms with Crippen LogP contribution < -0.4 is 16.2 Å². The van der Waals surface area contributed by atoms with Crippen LogP contribution in [0.25, 0.3) is 0 Å². The van der Waals surface area contributed by atoms with E-state index in [0.717, 1.165) is 56.8 Å². The predicted octanol–water partition coefficient (Wildman–Crippen LogP) is 3.54. The zero-order chi connectivity index (χ0) is 25.1. The van der Waals surface area contributed by atoms with E-state index in [1.807, 2.05) is 0 Å². The minimum absolute atomic E-state index is 0.353. The average Bonchev–Trinajstić information content (AvgIpc) is 3.77. The molecule has 3 fully saturated rings. The van der Waals surface area contributed by atoms with Crippen molar-refractivity contribution in [3.8, 4) is 5.88 Å². The fourth-order valence-electron chi connectivity index (χ4n) is 5.11. The summed E-state index contributed by atoms with van der Waals surface area (Å²) in [6.45, 7) is 6.51. The van der Waals surface area contributed by atoms with Crippen molar-refractivity contribution in [2.75, 3.05) is 26.0 Å². The summed E-state index contributed by atoms with van der Waals surface area (Å²) in [6.07, 6.45) is 13.4. The number of allylic oxidation sites excluding steroid dienone is 1. The van der Waals surface area contributed by atoms with Crippen LogP contribution in [0.3, 0.4) is 0 Å². The van der Waals surface area contributed by atoms with Crippen LogP contribution in [0, 0.1) is 11.8 Å². The quantitative estimate of drug-likeness (QED) is 0.194. The molecule has 35 heavy (non-hydrogen) atoms. The molecule has 194 valence electrons. The van der Waals surface area contributed by atoms with Gasteiger partial charge in [0.25, 0.3) is 0 Å². The summed E-state index contributed by atoms with van der Waals surface area (Å²) in [5.74, 6) is 2.39. The third kappa shape index (κ3) is 6.31. The molecule has 3 atom stereocenters. The van der Waals surface area contributed by atoms with Gasteiger partial charge in [0.05, 0.1) is 18.5 Å². The Morgan fingerprint density at radius 3 is 2.63 bits per heavy atom. The van der Waals surface area contributed by atoms with Crippen LogP contribution in [0.15, 0.2) is 40.3 Å². The van der Waals surface area contributed by atoms with Gasteiger partial charge in [-0.1, -0.05) is 18.5 Å². The van der Waals surface area contributed by atoms with Gasteiger partial charge in [0.1, 0.15) is 6.26 Å². The second-order valence-electron chi connectivity index (χ2n) is 10.4. The number of likely N-dealkylation sites (tertiary alicyclic amines) is 1. The second kappa shape index (κ2) is 11.1. The van der Waals surface area contributed by atoms with E-state index in [2.05, 4.69) is 35.0 Å². The fraction of sp³-hybridized carbons (Fsp3) is 0.692. The van der Waals surface area contributed by atoms with Gasteiger partial charge in [-0.15, -0.1) is 0 Å². The van der Waals surface area contributed by atoms with Gasteiger partial charge < -0.3 is 30.5 Å². The summed E-state index contributed by atoms with van der Waals surface area (Å²) >= 11 is -1.05. The van der Waals surface area contributed by atoms with Gasteiger partial charge in [0.2, 0.25) is 11.8 Å². The molecule has 0 radical (unpaired) electrons. The van der Waals surface area contributed by atoms with Gasteiger partial charge in [-0.3, -0.25) is 0 Å². The van der Waals surface area contributed by atoms with Crippen molar-refractivity contribution in [1.82, 2.24) is 9.88 Å².